The summed E-state index contributed by atoms with van der Waals surface area (Å²) < 4.78 is 21.5. The quantitative estimate of drug-likeness (QED) is 0.539. The van der Waals surface area contributed by atoms with Crippen LogP contribution in [0.1, 0.15) is 47.6 Å². The summed E-state index contributed by atoms with van der Waals surface area (Å²) in [6, 6.07) is 5.05. The summed E-state index contributed by atoms with van der Waals surface area (Å²) in [5.41, 5.74) is 3.75. The number of ether oxygens (including phenoxy) is 1. The lowest BCUT2D eigenvalue weighted by molar-refractivity contribution is -0.843. The first-order valence-electron chi connectivity index (χ1n) is 13.9. The van der Waals surface area contributed by atoms with Gasteiger partial charge in [0.15, 0.2) is 5.82 Å². The standard InChI is InChI=1S/C28H35FN6OS/c29-19-15-23(22-3-6-30-24(22)16-19)27-31-25-17-21(37-26(25)28(32-27)35-11-13-36-14-12-35)18-33-9-4-20(5-10-33)34-7-1-2-8-34/h3,6,15,17,19-20,30H,1-2,4-5,7-14,16,18H2/p+1. The molecule has 37 heavy (non-hydrogen) atoms. The van der Waals surface area contributed by atoms with E-state index in [1.807, 2.05) is 23.6 Å². The van der Waals surface area contributed by atoms with E-state index < -0.39 is 6.17 Å². The Bertz CT molecular complexity index is 1280. The smallest absolute Gasteiger partial charge is 0.247 e. The molecule has 6 heterocycles. The highest BCUT2D eigenvalue weighted by Crippen LogP contribution is 2.35. The van der Waals surface area contributed by atoms with E-state index >= 15 is 0 Å². The summed E-state index contributed by atoms with van der Waals surface area (Å²) in [5.74, 6) is 1.69. The number of nitrogens with zero attached hydrogens (tertiary/aromatic N) is 4. The minimum absolute atomic E-state index is 0.382. The Kier molecular flexibility index (Phi) is 6.58. The number of aromatic amines is 1. The first-order valence-corrected chi connectivity index (χ1v) is 14.8. The average Bonchev–Trinajstić information content (AvgIpc) is 3.69. The maximum Gasteiger partial charge on any atom is 0.247 e. The highest BCUT2D eigenvalue weighted by Gasteiger charge is 2.30. The molecule has 9 heteroatoms. The van der Waals surface area contributed by atoms with Gasteiger partial charge in [0.1, 0.15) is 24.0 Å². The molecule has 7 rings (SSSR count). The fourth-order valence-electron chi connectivity index (χ4n) is 6.59. The Labute approximate surface area is 221 Å². The van der Waals surface area contributed by atoms with Crippen molar-refractivity contribution in [2.75, 3.05) is 52.5 Å². The number of piperidine rings is 1. The van der Waals surface area contributed by atoms with Crippen molar-refractivity contribution in [1.29, 1.82) is 0 Å². The Hall–Kier alpha value is -2.17. The van der Waals surface area contributed by atoms with Crippen molar-refractivity contribution in [3.63, 3.8) is 0 Å². The minimum atomic E-state index is -1.03. The van der Waals surface area contributed by atoms with Crippen molar-refractivity contribution in [3.05, 3.63) is 46.4 Å². The molecule has 0 radical (unpaired) electrons. The molecule has 3 aromatic rings. The summed E-state index contributed by atoms with van der Waals surface area (Å²) in [4.78, 5) is 21.3. The van der Waals surface area contributed by atoms with Gasteiger partial charge in [0.05, 0.1) is 18.7 Å². The topological polar surface area (TPSA) is 61.7 Å². The Morgan fingerprint density at radius 3 is 2.73 bits per heavy atom. The number of morpholine rings is 1. The van der Waals surface area contributed by atoms with Crippen LogP contribution in [0.2, 0.25) is 0 Å². The maximum atomic E-state index is 14.7. The lowest BCUT2D eigenvalue weighted by Gasteiger charge is -2.36. The average molecular weight is 524 g/mol. The zero-order valence-corrected chi connectivity index (χ0v) is 22.2. The minimum Gasteiger partial charge on any atom is -0.370 e. The number of halogens is 1. The van der Waals surface area contributed by atoms with Crippen LogP contribution in [0.15, 0.2) is 24.4 Å². The van der Waals surface area contributed by atoms with Crippen LogP contribution in [0.5, 0.6) is 0 Å². The lowest BCUT2D eigenvalue weighted by Crippen LogP contribution is -3.09. The second kappa shape index (κ2) is 10.2. The summed E-state index contributed by atoms with van der Waals surface area (Å²) in [7, 11) is 0. The molecule has 2 N–H and O–H groups in total. The second-order valence-corrected chi connectivity index (χ2v) is 12.1. The molecule has 1 atom stereocenters. The molecule has 4 aliphatic rings. The van der Waals surface area contributed by atoms with Crippen LogP contribution in [-0.4, -0.2) is 89.4 Å². The van der Waals surface area contributed by atoms with Gasteiger partial charge < -0.3 is 14.6 Å². The van der Waals surface area contributed by atoms with E-state index in [4.69, 9.17) is 14.7 Å². The van der Waals surface area contributed by atoms with Crippen molar-refractivity contribution < 1.29 is 14.0 Å². The first-order chi connectivity index (χ1) is 18.2. The number of H-pyrrole nitrogens is 1. The zero-order valence-electron chi connectivity index (χ0n) is 21.3. The molecule has 3 saturated heterocycles. The number of allylic oxidation sites excluding steroid dienone is 1. The molecule has 0 spiro atoms. The van der Waals surface area contributed by atoms with Crippen LogP contribution in [0.4, 0.5) is 10.2 Å². The van der Waals surface area contributed by atoms with E-state index in [1.165, 1.54) is 53.2 Å². The van der Waals surface area contributed by atoms with Crippen LogP contribution in [0, 0.1) is 0 Å². The van der Waals surface area contributed by atoms with Crippen LogP contribution >= 0.6 is 11.3 Å². The maximum absolute atomic E-state index is 14.7. The first kappa shape index (κ1) is 23.9. The van der Waals surface area contributed by atoms with E-state index in [-0.39, 0.29) is 0 Å². The van der Waals surface area contributed by atoms with Gasteiger partial charge in [0, 0.05) is 60.0 Å². The molecular formula is C28H36FN6OS+. The van der Waals surface area contributed by atoms with Gasteiger partial charge in [-0.15, -0.1) is 11.3 Å². The SMILES string of the molecule is FC1C=C(c2nc([NH+]3CCOCC3)c3sc(CN4CCC(N5CCCC5)CC4)cc3n2)c2cc[nH]c2C1. The number of nitrogens with one attached hydrogen (secondary N) is 2. The van der Waals surface area contributed by atoms with Crippen molar-refractivity contribution in [2.45, 2.75) is 50.9 Å². The number of hydrogen-bond donors (Lipinski definition) is 2. The third kappa shape index (κ3) is 4.76. The summed E-state index contributed by atoms with van der Waals surface area (Å²) in [6.07, 6.45) is 8.23. The molecule has 3 aliphatic heterocycles. The van der Waals surface area contributed by atoms with Gasteiger partial charge in [0.2, 0.25) is 5.82 Å². The molecule has 196 valence electrons. The number of fused-ring (bicyclic) bond motifs is 2. The monoisotopic (exact) mass is 523 g/mol. The van der Waals surface area contributed by atoms with Crippen LogP contribution in [0.25, 0.3) is 15.8 Å². The van der Waals surface area contributed by atoms with Crippen molar-refractivity contribution in [2.24, 2.45) is 0 Å². The summed E-state index contributed by atoms with van der Waals surface area (Å²) in [6.45, 7) is 9.13. The molecule has 3 fully saturated rings. The number of aromatic nitrogens is 3. The van der Waals surface area contributed by atoms with Crippen LogP contribution in [0.3, 0.4) is 0 Å². The van der Waals surface area contributed by atoms with E-state index in [0.717, 1.165) is 80.1 Å². The molecular weight excluding hydrogens is 487 g/mol. The van der Waals surface area contributed by atoms with E-state index in [1.54, 1.807) is 6.08 Å². The number of rotatable bonds is 5. The van der Waals surface area contributed by atoms with Gasteiger partial charge >= 0.3 is 0 Å². The molecule has 1 aliphatic carbocycles. The zero-order chi connectivity index (χ0) is 24.8. The summed E-state index contributed by atoms with van der Waals surface area (Å²) >= 11 is 1.84. The van der Waals surface area contributed by atoms with E-state index in [0.29, 0.717) is 12.2 Å². The van der Waals surface area contributed by atoms with Gasteiger partial charge in [-0.3, -0.25) is 9.80 Å². The molecule has 0 saturated carbocycles. The molecule has 0 aromatic carbocycles. The second-order valence-electron chi connectivity index (χ2n) is 11.0. The van der Waals surface area contributed by atoms with Gasteiger partial charge in [-0.1, -0.05) is 0 Å². The van der Waals surface area contributed by atoms with Gasteiger partial charge in [-0.2, -0.15) is 4.98 Å². The number of hydrogen-bond acceptors (Lipinski definition) is 6. The fraction of sp³-hybridized carbons (Fsp3) is 0.571. The third-order valence-corrected chi connectivity index (χ3v) is 9.67. The van der Waals surface area contributed by atoms with Gasteiger partial charge in [-0.25, -0.2) is 9.37 Å². The van der Waals surface area contributed by atoms with Gasteiger partial charge in [0.25, 0.3) is 0 Å². The Balaban J connectivity index is 1.19. The number of quaternary nitrogens is 1. The van der Waals surface area contributed by atoms with E-state index in [2.05, 4.69) is 20.9 Å². The van der Waals surface area contributed by atoms with Crippen molar-refractivity contribution in [3.8, 4) is 0 Å². The Morgan fingerprint density at radius 1 is 1.11 bits per heavy atom. The number of thiophene rings is 1. The number of likely N-dealkylation sites (tertiary alicyclic amines) is 2. The highest BCUT2D eigenvalue weighted by molar-refractivity contribution is 7.19. The molecule has 0 bridgehead atoms. The predicted molar refractivity (Wildman–Crippen MR) is 144 cm³/mol. The molecule has 3 aromatic heterocycles. The normalized spacial score (nSPS) is 24.6. The number of alkyl halides is 1. The van der Waals surface area contributed by atoms with E-state index in [9.17, 15) is 4.39 Å². The molecule has 0 amide bonds. The largest absolute Gasteiger partial charge is 0.370 e. The highest BCUT2D eigenvalue weighted by atomic mass is 32.1. The molecule has 7 nitrogen and oxygen atoms in total. The third-order valence-electron chi connectivity index (χ3n) is 8.56. The van der Waals surface area contributed by atoms with Crippen LogP contribution < -0.4 is 4.90 Å². The summed E-state index contributed by atoms with van der Waals surface area (Å²) in [5, 5.41) is 0. The fourth-order valence-corrected chi connectivity index (χ4v) is 7.76. The molecule has 1 unspecified atom stereocenters. The predicted octanol–water partition coefficient (Wildman–Crippen LogP) is 2.95. The van der Waals surface area contributed by atoms with Crippen molar-refractivity contribution >= 4 is 32.9 Å². The lowest BCUT2D eigenvalue weighted by atomic mass is 9.95. The van der Waals surface area contributed by atoms with Crippen LogP contribution in [-0.2, 0) is 17.7 Å². The van der Waals surface area contributed by atoms with Gasteiger partial charge in [-0.05, 0) is 57.0 Å². The Morgan fingerprint density at radius 2 is 1.92 bits per heavy atom. The van der Waals surface area contributed by atoms with Crippen molar-refractivity contribution in [1.82, 2.24) is 24.8 Å².